The average Bonchev–Trinajstić information content (AvgIpc) is 2.79. The van der Waals surface area contributed by atoms with Gasteiger partial charge < -0.3 is 9.47 Å². The normalized spacial score (nSPS) is 14.9. The summed E-state index contributed by atoms with van der Waals surface area (Å²) in [4.78, 5) is 6.97. The van der Waals surface area contributed by atoms with Gasteiger partial charge in [0.15, 0.2) is 0 Å². The third-order valence-corrected chi connectivity index (χ3v) is 6.75. The summed E-state index contributed by atoms with van der Waals surface area (Å²) in [6.07, 6.45) is 4.00. The second-order valence-corrected chi connectivity index (χ2v) is 10.3. The van der Waals surface area contributed by atoms with E-state index in [9.17, 15) is 8.42 Å². The molecule has 1 aliphatic rings. The van der Waals surface area contributed by atoms with E-state index in [-0.39, 0.29) is 5.75 Å². The molecule has 0 spiro atoms. The molecule has 1 fully saturated rings. The molecule has 0 saturated carbocycles. The lowest BCUT2D eigenvalue weighted by Gasteiger charge is -2.28. The highest BCUT2D eigenvalue weighted by Crippen LogP contribution is 2.27. The van der Waals surface area contributed by atoms with Crippen molar-refractivity contribution in [3.8, 4) is 11.5 Å². The number of sulfonamides is 1. The third kappa shape index (κ3) is 6.34. The first kappa shape index (κ1) is 24.2. The SMILES string of the molecule is COc1ccc(CS(N)(=O)=O)cc1C=C1CCN(CCOc2cccc3nc(C)ccc23)CC1. The van der Waals surface area contributed by atoms with E-state index >= 15 is 0 Å². The summed E-state index contributed by atoms with van der Waals surface area (Å²) in [5.74, 6) is 1.41. The maximum atomic E-state index is 11.5. The Morgan fingerprint density at radius 1 is 1.09 bits per heavy atom. The van der Waals surface area contributed by atoms with Crippen LogP contribution in [-0.4, -0.2) is 51.7 Å². The molecule has 1 saturated heterocycles. The number of rotatable bonds is 8. The van der Waals surface area contributed by atoms with Gasteiger partial charge in [-0.3, -0.25) is 9.88 Å². The van der Waals surface area contributed by atoms with E-state index in [1.54, 1.807) is 19.2 Å². The fourth-order valence-corrected chi connectivity index (χ4v) is 4.93. The van der Waals surface area contributed by atoms with Crippen LogP contribution >= 0.6 is 0 Å². The van der Waals surface area contributed by atoms with Gasteiger partial charge in [0.05, 0.1) is 18.4 Å². The molecule has 2 aromatic carbocycles. The van der Waals surface area contributed by atoms with Crippen molar-refractivity contribution in [1.29, 1.82) is 0 Å². The minimum Gasteiger partial charge on any atom is -0.496 e. The van der Waals surface area contributed by atoms with Gasteiger partial charge in [-0.15, -0.1) is 0 Å². The highest BCUT2D eigenvalue weighted by molar-refractivity contribution is 7.88. The van der Waals surface area contributed by atoms with Gasteiger partial charge in [-0.25, -0.2) is 13.6 Å². The molecule has 0 unspecified atom stereocenters. The Labute approximate surface area is 201 Å². The average molecular weight is 482 g/mol. The lowest BCUT2D eigenvalue weighted by molar-refractivity contribution is 0.200. The molecule has 1 aliphatic heterocycles. The summed E-state index contributed by atoms with van der Waals surface area (Å²) in [5.41, 5.74) is 4.81. The maximum absolute atomic E-state index is 11.5. The number of hydrogen-bond acceptors (Lipinski definition) is 6. The number of nitrogens with two attached hydrogens (primary N) is 1. The minimum atomic E-state index is -3.58. The summed E-state index contributed by atoms with van der Waals surface area (Å²) in [6.45, 7) is 5.37. The van der Waals surface area contributed by atoms with E-state index in [0.717, 1.165) is 66.1 Å². The molecule has 1 aromatic heterocycles. The number of aryl methyl sites for hydroxylation is 1. The summed E-state index contributed by atoms with van der Waals surface area (Å²) in [6, 6.07) is 15.4. The number of likely N-dealkylation sites (tertiary alicyclic amines) is 1. The second-order valence-electron chi connectivity index (χ2n) is 8.65. The second kappa shape index (κ2) is 10.5. The summed E-state index contributed by atoms with van der Waals surface area (Å²) >= 11 is 0. The molecule has 2 N–H and O–H groups in total. The Balaban J connectivity index is 1.34. The van der Waals surface area contributed by atoms with Crippen LogP contribution in [0.1, 0.15) is 29.7 Å². The standard InChI is InChI=1S/C26H31N3O4S/c1-19-6-8-23-24(28-19)4-3-5-26(23)33-15-14-29-12-10-20(11-13-29)16-22-17-21(18-34(27,30)31)7-9-25(22)32-2/h3-9,16-17H,10-15,18H2,1-2H3,(H2,27,30,31). The van der Waals surface area contributed by atoms with Crippen molar-refractivity contribution in [2.45, 2.75) is 25.5 Å². The van der Waals surface area contributed by atoms with E-state index in [0.29, 0.717) is 12.2 Å². The summed E-state index contributed by atoms with van der Waals surface area (Å²) < 4.78 is 34.5. The number of primary sulfonamides is 1. The van der Waals surface area contributed by atoms with Crippen LogP contribution < -0.4 is 14.6 Å². The summed E-state index contributed by atoms with van der Waals surface area (Å²) in [5, 5.41) is 6.24. The van der Waals surface area contributed by atoms with E-state index in [4.69, 9.17) is 14.6 Å². The number of ether oxygens (including phenoxy) is 2. The van der Waals surface area contributed by atoms with Crippen molar-refractivity contribution in [3.05, 3.63) is 70.9 Å². The summed E-state index contributed by atoms with van der Waals surface area (Å²) in [7, 11) is -1.96. The molecule has 7 nitrogen and oxygen atoms in total. The van der Waals surface area contributed by atoms with Crippen LogP contribution in [-0.2, 0) is 15.8 Å². The monoisotopic (exact) mass is 481 g/mol. The van der Waals surface area contributed by atoms with Crippen LogP contribution in [0.15, 0.2) is 54.1 Å². The molecule has 2 heterocycles. The Morgan fingerprint density at radius 3 is 2.62 bits per heavy atom. The molecule has 0 atom stereocenters. The highest BCUT2D eigenvalue weighted by atomic mass is 32.2. The van der Waals surface area contributed by atoms with Crippen LogP contribution in [0.3, 0.4) is 0 Å². The van der Waals surface area contributed by atoms with Crippen LogP contribution in [0, 0.1) is 6.92 Å². The molecule has 4 rings (SSSR count). The number of fused-ring (bicyclic) bond motifs is 1. The first-order valence-electron chi connectivity index (χ1n) is 11.4. The van der Waals surface area contributed by atoms with Crippen LogP contribution in [0.2, 0.25) is 0 Å². The molecule has 180 valence electrons. The molecule has 8 heteroatoms. The maximum Gasteiger partial charge on any atom is 0.213 e. The predicted octanol–water partition coefficient (Wildman–Crippen LogP) is 3.90. The van der Waals surface area contributed by atoms with Gasteiger partial charge in [-0.05, 0) is 61.7 Å². The number of nitrogens with zero attached hydrogens (tertiary/aromatic N) is 2. The lowest BCUT2D eigenvalue weighted by atomic mass is 9.99. The van der Waals surface area contributed by atoms with Gasteiger partial charge in [-0.1, -0.05) is 23.8 Å². The van der Waals surface area contributed by atoms with E-state index < -0.39 is 10.0 Å². The fourth-order valence-electron chi connectivity index (χ4n) is 4.29. The zero-order valence-electron chi connectivity index (χ0n) is 19.7. The molecule has 0 bridgehead atoms. The zero-order chi connectivity index (χ0) is 24.1. The number of piperidine rings is 1. The number of benzene rings is 2. The van der Waals surface area contributed by atoms with E-state index in [2.05, 4.69) is 22.0 Å². The predicted molar refractivity (Wildman–Crippen MR) is 135 cm³/mol. The van der Waals surface area contributed by atoms with Crippen molar-refractivity contribution in [1.82, 2.24) is 9.88 Å². The van der Waals surface area contributed by atoms with E-state index in [1.807, 2.05) is 37.3 Å². The number of hydrogen-bond donors (Lipinski definition) is 1. The van der Waals surface area contributed by atoms with Crippen molar-refractivity contribution < 1.29 is 17.9 Å². The highest BCUT2D eigenvalue weighted by Gasteiger charge is 2.15. The molecule has 0 radical (unpaired) electrons. The number of methoxy groups -OCH3 is 1. The van der Waals surface area contributed by atoms with Crippen molar-refractivity contribution >= 4 is 27.0 Å². The number of pyridine rings is 1. The quantitative estimate of drug-likeness (QED) is 0.524. The molecule has 34 heavy (non-hydrogen) atoms. The third-order valence-electron chi connectivity index (χ3n) is 6.02. The zero-order valence-corrected chi connectivity index (χ0v) is 20.5. The molecular weight excluding hydrogens is 450 g/mol. The first-order valence-corrected chi connectivity index (χ1v) is 13.1. The van der Waals surface area contributed by atoms with Crippen molar-refractivity contribution in [2.24, 2.45) is 5.14 Å². The van der Waals surface area contributed by atoms with Crippen LogP contribution in [0.25, 0.3) is 17.0 Å². The van der Waals surface area contributed by atoms with Crippen molar-refractivity contribution in [2.75, 3.05) is 33.4 Å². The first-order chi connectivity index (χ1) is 16.3. The lowest BCUT2D eigenvalue weighted by Crippen LogP contribution is -2.34. The van der Waals surface area contributed by atoms with Gasteiger partial charge in [0.2, 0.25) is 10.0 Å². The molecule has 3 aromatic rings. The van der Waals surface area contributed by atoms with Crippen LogP contribution in [0.5, 0.6) is 11.5 Å². The minimum absolute atomic E-state index is 0.187. The number of aromatic nitrogens is 1. The fraction of sp³-hybridized carbons (Fsp3) is 0.346. The Kier molecular flexibility index (Phi) is 7.50. The Hall–Kier alpha value is -2.94. The molecule has 0 amide bonds. The van der Waals surface area contributed by atoms with Gasteiger partial charge in [0.1, 0.15) is 18.1 Å². The molecular formula is C26H31N3O4S. The van der Waals surface area contributed by atoms with Gasteiger partial charge in [-0.2, -0.15) is 0 Å². The largest absolute Gasteiger partial charge is 0.496 e. The smallest absolute Gasteiger partial charge is 0.213 e. The van der Waals surface area contributed by atoms with Crippen molar-refractivity contribution in [3.63, 3.8) is 0 Å². The van der Waals surface area contributed by atoms with Gasteiger partial charge >= 0.3 is 0 Å². The Morgan fingerprint density at radius 2 is 1.88 bits per heavy atom. The van der Waals surface area contributed by atoms with Gasteiger partial charge in [0, 0.05) is 36.3 Å². The Bertz CT molecular complexity index is 1290. The molecule has 0 aliphatic carbocycles. The van der Waals surface area contributed by atoms with Crippen LogP contribution in [0.4, 0.5) is 0 Å². The van der Waals surface area contributed by atoms with Gasteiger partial charge in [0.25, 0.3) is 0 Å². The van der Waals surface area contributed by atoms with E-state index in [1.165, 1.54) is 5.57 Å². The topological polar surface area (TPSA) is 94.8 Å².